The third kappa shape index (κ3) is 2.38. The quantitative estimate of drug-likeness (QED) is 0.672. The van der Waals surface area contributed by atoms with Crippen LogP contribution >= 0.6 is 0 Å². The molecule has 14 heavy (non-hydrogen) atoms. The molecule has 2 fully saturated rings. The Bertz CT molecular complexity index is 167. The van der Waals surface area contributed by atoms with Gasteiger partial charge in [0.15, 0.2) is 9.04 Å². The Morgan fingerprint density at radius 1 is 1.29 bits per heavy atom. The van der Waals surface area contributed by atoms with E-state index in [9.17, 15) is 0 Å². The minimum Gasteiger partial charge on any atom is -0.420 e. The van der Waals surface area contributed by atoms with Gasteiger partial charge in [0.05, 0.1) is 6.10 Å². The third-order valence-corrected chi connectivity index (χ3v) is 7.03. The predicted octanol–water partition coefficient (Wildman–Crippen LogP) is 2.48. The molecule has 0 saturated carbocycles. The molecule has 2 aliphatic rings. The Hall–Kier alpha value is 0.137. The van der Waals surface area contributed by atoms with E-state index in [0.717, 1.165) is 18.8 Å². The van der Waals surface area contributed by atoms with Gasteiger partial charge in [-0.25, -0.2) is 0 Å². The lowest BCUT2D eigenvalue weighted by Crippen LogP contribution is -2.35. The monoisotopic (exact) mass is 214 g/mol. The van der Waals surface area contributed by atoms with Crippen molar-refractivity contribution in [2.45, 2.75) is 56.7 Å². The van der Waals surface area contributed by atoms with Crippen molar-refractivity contribution in [3.63, 3.8) is 0 Å². The zero-order valence-electron chi connectivity index (χ0n) is 9.21. The number of hydrogen-bond acceptors (Lipinski definition) is 2. The van der Waals surface area contributed by atoms with E-state index >= 15 is 0 Å². The predicted molar refractivity (Wildman–Crippen MR) is 60.2 cm³/mol. The first-order valence-corrected chi connectivity index (χ1v) is 8.10. The van der Waals surface area contributed by atoms with Gasteiger partial charge < -0.3 is 9.16 Å². The molecular weight excluding hydrogens is 192 g/mol. The van der Waals surface area contributed by atoms with Gasteiger partial charge in [0.1, 0.15) is 0 Å². The van der Waals surface area contributed by atoms with E-state index in [1.807, 2.05) is 0 Å². The first-order valence-electron chi connectivity index (χ1n) is 6.15. The average Bonchev–Trinajstić information content (AvgIpc) is 2.72. The SMILES string of the molecule is CCO[SiH]1CCCCC1C1CCCO1. The molecule has 2 rings (SSSR count). The summed E-state index contributed by atoms with van der Waals surface area (Å²) in [5.41, 5.74) is 0.825. The Morgan fingerprint density at radius 3 is 2.93 bits per heavy atom. The van der Waals surface area contributed by atoms with Crippen molar-refractivity contribution in [3.05, 3.63) is 0 Å². The molecule has 0 amide bonds. The first kappa shape index (κ1) is 10.6. The van der Waals surface area contributed by atoms with E-state index in [1.54, 1.807) is 0 Å². The van der Waals surface area contributed by atoms with Crippen LogP contribution < -0.4 is 0 Å². The van der Waals surface area contributed by atoms with E-state index < -0.39 is 9.04 Å². The molecule has 0 aromatic rings. The second-order valence-corrected chi connectivity index (χ2v) is 7.34. The Balaban J connectivity index is 1.91. The lowest BCUT2D eigenvalue weighted by atomic mass is 10.1. The smallest absolute Gasteiger partial charge is 0.182 e. The largest absolute Gasteiger partial charge is 0.420 e. The van der Waals surface area contributed by atoms with E-state index in [-0.39, 0.29) is 0 Å². The summed E-state index contributed by atoms with van der Waals surface area (Å²) >= 11 is 0. The zero-order chi connectivity index (χ0) is 9.80. The van der Waals surface area contributed by atoms with Gasteiger partial charge in [-0.1, -0.05) is 12.8 Å². The van der Waals surface area contributed by atoms with Gasteiger partial charge in [0.25, 0.3) is 0 Å². The highest BCUT2D eigenvalue weighted by atomic mass is 28.3. The summed E-state index contributed by atoms with van der Waals surface area (Å²) in [4.78, 5) is 0. The molecule has 2 saturated heterocycles. The summed E-state index contributed by atoms with van der Waals surface area (Å²) in [6, 6.07) is 1.39. The van der Waals surface area contributed by atoms with Crippen molar-refractivity contribution in [1.82, 2.24) is 0 Å². The zero-order valence-corrected chi connectivity index (χ0v) is 10.4. The van der Waals surface area contributed by atoms with Crippen LogP contribution in [0.2, 0.25) is 11.6 Å². The highest BCUT2D eigenvalue weighted by Crippen LogP contribution is 2.37. The van der Waals surface area contributed by atoms with E-state index in [1.165, 1.54) is 38.1 Å². The molecule has 82 valence electrons. The fourth-order valence-electron chi connectivity index (χ4n) is 2.91. The molecule has 0 aromatic heterocycles. The van der Waals surface area contributed by atoms with Crippen molar-refractivity contribution in [3.8, 4) is 0 Å². The van der Waals surface area contributed by atoms with Gasteiger partial charge in [-0.15, -0.1) is 0 Å². The maximum atomic E-state index is 5.97. The standard InChI is InChI=1S/C11H22O2Si/c1-2-13-14-9-4-3-7-11(14)10-6-5-8-12-10/h10-11,14H,2-9H2,1H3. The maximum absolute atomic E-state index is 5.97. The Labute approximate surface area is 88.7 Å². The van der Waals surface area contributed by atoms with Crippen LogP contribution in [0.1, 0.15) is 39.0 Å². The highest BCUT2D eigenvalue weighted by molar-refractivity contribution is 6.54. The first-order chi connectivity index (χ1) is 6.92. The highest BCUT2D eigenvalue weighted by Gasteiger charge is 2.35. The molecular formula is C11H22O2Si. The maximum Gasteiger partial charge on any atom is 0.182 e. The van der Waals surface area contributed by atoms with Crippen LogP contribution in [0.3, 0.4) is 0 Å². The second kappa shape index (κ2) is 5.28. The lowest BCUT2D eigenvalue weighted by molar-refractivity contribution is 0.0934. The number of ether oxygens (including phenoxy) is 1. The number of hydrogen-bond donors (Lipinski definition) is 0. The van der Waals surface area contributed by atoms with E-state index in [0.29, 0.717) is 6.10 Å². The van der Waals surface area contributed by atoms with Gasteiger partial charge in [0, 0.05) is 18.8 Å². The van der Waals surface area contributed by atoms with E-state index in [2.05, 4.69) is 6.92 Å². The lowest BCUT2D eigenvalue weighted by Gasteiger charge is -2.33. The van der Waals surface area contributed by atoms with Crippen molar-refractivity contribution in [2.75, 3.05) is 13.2 Å². The van der Waals surface area contributed by atoms with Crippen LogP contribution in [0.15, 0.2) is 0 Å². The van der Waals surface area contributed by atoms with E-state index in [4.69, 9.17) is 9.16 Å². The molecule has 0 aromatic carbocycles. The molecule has 3 atom stereocenters. The second-order valence-electron chi connectivity index (χ2n) is 4.49. The van der Waals surface area contributed by atoms with Gasteiger partial charge in [-0.2, -0.15) is 0 Å². The molecule has 3 heteroatoms. The third-order valence-electron chi connectivity index (χ3n) is 3.58. The Morgan fingerprint density at radius 2 is 2.21 bits per heavy atom. The summed E-state index contributed by atoms with van der Waals surface area (Å²) in [5.74, 6) is 0. The summed E-state index contributed by atoms with van der Waals surface area (Å²) < 4.78 is 11.8. The normalized spacial score (nSPS) is 38.8. The molecule has 0 spiro atoms. The molecule has 0 bridgehead atoms. The van der Waals surface area contributed by atoms with Crippen LogP contribution in [0.25, 0.3) is 0 Å². The van der Waals surface area contributed by atoms with Gasteiger partial charge in [0.2, 0.25) is 0 Å². The summed E-state index contributed by atoms with van der Waals surface area (Å²) in [7, 11) is -0.919. The molecule has 2 heterocycles. The van der Waals surface area contributed by atoms with Gasteiger partial charge >= 0.3 is 0 Å². The molecule has 3 unspecified atom stereocenters. The van der Waals surface area contributed by atoms with Crippen LogP contribution in [-0.4, -0.2) is 28.4 Å². The summed E-state index contributed by atoms with van der Waals surface area (Å²) in [5, 5.41) is 0. The number of rotatable bonds is 3. The fraction of sp³-hybridized carbons (Fsp3) is 1.00. The van der Waals surface area contributed by atoms with Crippen molar-refractivity contribution in [1.29, 1.82) is 0 Å². The molecule has 0 aliphatic carbocycles. The van der Waals surface area contributed by atoms with Crippen LogP contribution in [0.4, 0.5) is 0 Å². The fourth-order valence-corrected chi connectivity index (χ4v) is 6.26. The molecule has 0 N–H and O–H groups in total. The van der Waals surface area contributed by atoms with Crippen LogP contribution in [0, 0.1) is 0 Å². The minimum atomic E-state index is -0.919. The molecule has 0 radical (unpaired) electrons. The minimum absolute atomic E-state index is 0.568. The Kier molecular flexibility index (Phi) is 4.02. The van der Waals surface area contributed by atoms with Crippen LogP contribution in [-0.2, 0) is 9.16 Å². The van der Waals surface area contributed by atoms with Gasteiger partial charge in [-0.05, 0) is 32.2 Å². The molecule has 2 nitrogen and oxygen atoms in total. The average molecular weight is 214 g/mol. The molecule has 2 aliphatic heterocycles. The van der Waals surface area contributed by atoms with Crippen molar-refractivity contribution < 1.29 is 9.16 Å². The van der Waals surface area contributed by atoms with Crippen LogP contribution in [0.5, 0.6) is 0 Å². The topological polar surface area (TPSA) is 18.5 Å². The van der Waals surface area contributed by atoms with Crippen molar-refractivity contribution >= 4 is 9.04 Å². The summed E-state index contributed by atoms with van der Waals surface area (Å²) in [6.45, 7) is 4.04. The summed E-state index contributed by atoms with van der Waals surface area (Å²) in [6.07, 6.45) is 7.32. The van der Waals surface area contributed by atoms with Crippen molar-refractivity contribution in [2.24, 2.45) is 0 Å². The van der Waals surface area contributed by atoms with Gasteiger partial charge in [-0.3, -0.25) is 0 Å².